The minimum absolute atomic E-state index is 0.598. The Bertz CT molecular complexity index is 824. The van der Waals surface area contributed by atoms with Gasteiger partial charge in [-0.3, -0.25) is 0 Å². The van der Waals surface area contributed by atoms with Crippen molar-refractivity contribution < 1.29 is 4.42 Å². The van der Waals surface area contributed by atoms with Gasteiger partial charge in [-0.05, 0) is 75.0 Å². The van der Waals surface area contributed by atoms with Gasteiger partial charge in [0.25, 0.3) is 0 Å². The van der Waals surface area contributed by atoms with Crippen LogP contribution in [0.3, 0.4) is 0 Å². The molecule has 20 heavy (non-hydrogen) atoms. The second-order valence-electron chi connectivity index (χ2n) is 4.75. The molecule has 1 heterocycles. The molecule has 3 aromatic rings. The van der Waals surface area contributed by atoms with Crippen LogP contribution >= 0.6 is 31.9 Å². The monoisotopic (exact) mass is 394 g/mol. The first-order chi connectivity index (χ1) is 9.47. The summed E-state index contributed by atoms with van der Waals surface area (Å²) in [6.07, 6.45) is 0. The molecule has 2 N–H and O–H groups in total. The third-order valence-corrected chi connectivity index (χ3v) is 4.83. The molecule has 0 aliphatic carbocycles. The quantitative estimate of drug-likeness (QED) is 0.574. The van der Waals surface area contributed by atoms with E-state index in [0.29, 0.717) is 17.2 Å². The summed E-state index contributed by atoms with van der Waals surface area (Å²) in [4.78, 5) is 4.54. The summed E-state index contributed by atoms with van der Waals surface area (Å²) in [7, 11) is 0. The lowest BCUT2D eigenvalue weighted by Crippen LogP contribution is -1.89. The number of aryl methyl sites for hydroxylation is 2. The van der Waals surface area contributed by atoms with E-state index in [1.54, 1.807) is 0 Å². The molecule has 5 heteroatoms. The van der Waals surface area contributed by atoms with Gasteiger partial charge in [0, 0.05) is 10.0 Å². The molecule has 3 nitrogen and oxygen atoms in total. The lowest BCUT2D eigenvalue weighted by atomic mass is 10.1. The Hall–Kier alpha value is -1.33. The number of benzene rings is 2. The van der Waals surface area contributed by atoms with Gasteiger partial charge >= 0.3 is 0 Å². The van der Waals surface area contributed by atoms with E-state index in [2.05, 4.69) is 62.8 Å². The molecule has 0 atom stereocenters. The van der Waals surface area contributed by atoms with Crippen molar-refractivity contribution in [3.63, 3.8) is 0 Å². The molecule has 3 rings (SSSR count). The van der Waals surface area contributed by atoms with E-state index >= 15 is 0 Å². The van der Waals surface area contributed by atoms with E-state index in [0.717, 1.165) is 20.0 Å². The van der Waals surface area contributed by atoms with Crippen LogP contribution in [0.1, 0.15) is 11.1 Å². The molecule has 0 spiro atoms. The molecular weight excluding hydrogens is 384 g/mol. The van der Waals surface area contributed by atoms with Crippen molar-refractivity contribution in [3.05, 3.63) is 44.3 Å². The first kappa shape index (κ1) is 13.6. The Morgan fingerprint density at radius 1 is 1.10 bits per heavy atom. The Morgan fingerprint density at radius 3 is 2.55 bits per heavy atom. The summed E-state index contributed by atoms with van der Waals surface area (Å²) in [5.41, 5.74) is 11.4. The number of hydrogen-bond donors (Lipinski definition) is 1. The van der Waals surface area contributed by atoms with Crippen molar-refractivity contribution in [2.24, 2.45) is 0 Å². The molecular formula is C15H12Br2N2O. The highest BCUT2D eigenvalue weighted by Gasteiger charge is 2.15. The number of aromatic nitrogens is 1. The highest BCUT2D eigenvalue weighted by molar-refractivity contribution is 9.11. The minimum Gasteiger partial charge on any atom is -0.436 e. The molecule has 0 aliphatic rings. The number of rotatable bonds is 1. The van der Waals surface area contributed by atoms with Crippen molar-refractivity contribution >= 4 is 48.6 Å². The van der Waals surface area contributed by atoms with Gasteiger partial charge in [0.15, 0.2) is 5.58 Å². The fraction of sp³-hybridized carbons (Fsp3) is 0.133. The first-order valence-corrected chi connectivity index (χ1v) is 7.67. The number of nitrogen functional groups attached to an aromatic ring is 1. The molecule has 0 amide bonds. The molecule has 2 aromatic carbocycles. The number of nitrogens with zero attached hydrogens (tertiary/aromatic N) is 1. The predicted molar refractivity (Wildman–Crippen MR) is 88.7 cm³/mol. The zero-order valence-electron chi connectivity index (χ0n) is 11.0. The van der Waals surface area contributed by atoms with Gasteiger partial charge in [0.2, 0.25) is 5.89 Å². The largest absolute Gasteiger partial charge is 0.436 e. The number of nitrogens with two attached hydrogens (primary N) is 1. The summed E-state index contributed by atoms with van der Waals surface area (Å²) in [6.45, 7) is 4.16. The SMILES string of the molecule is Cc1ccc(-c2nc3c(Br)c(N)c(Br)cc3o2)cc1C. The van der Waals surface area contributed by atoms with Crippen LogP contribution in [0.2, 0.25) is 0 Å². The van der Waals surface area contributed by atoms with E-state index in [1.807, 2.05) is 12.1 Å². The van der Waals surface area contributed by atoms with Gasteiger partial charge in [0.05, 0.1) is 10.2 Å². The maximum atomic E-state index is 5.96. The number of halogens is 2. The molecule has 0 fully saturated rings. The van der Waals surface area contributed by atoms with Crippen LogP contribution in [0.4, 0.5) is 5.69 Å². The first-order valence-electron chi connectivity index (χ1n) is 6.09. The number of fused-ring (bicyclic) bond motifs is 1. The maximum Gasteiger partial charge on any atom is 0.227 e. The second-order valence-corrected chi connectivity index (χ2v) is 6.40. The third-order valence-electron chi connectivity index (χ3n) is 3.37. The van der Waals surface area contributed by atoms with E-state index in [1.165, 1.54) is 11.1 Å². The van der Waals surface area contributed by atoms with Crippen molar-refractivity contribution in [3.8, 4) is 11.5 Å². The molecule has 102 valence electrons. The lowest BCUT2D eigenvalue weighted by molar-refractivity contribution is 0.619. The molecule has 0 saturated heterocycles. The highest BCUT2D eigenvalue weighted by Crippen LogP contribution is 2.37. The summed E-state index contributed by atoms with van der Waals surface area (Å²) >= 11 is 6.88. The van der Waals surface area contributed by atoms with E-state index in [4.69, 9.17) is 10.2 Å². The van der Waals surface area contributed by atoms with E-state index in [9.17, 15) is 0 Å². The smallest absolute Gasteiger partial charge is 0.227 e. The Morgan fingerprint density at radius 2 is 1.85 bits per heavy atom. The maximum absolute atomic E-state index is 5.96. The second kappa shape index (κ2) is 4.90. The van der Waals surface area contributed by atoms with Gasteiger partial charge in [0.1, 0.15) is 5.52 Å². The normalized spacial score (nSPS) is 11.2. The summed E-state index contributed by atoms with van der Waals surface area (Å²) < 4.78 is 7.38. The molecule has 0 aliphatic heterocycles. The molecule has 0 radical (unpaired) electrons. The van der Waals surface area contributed by atoms with Crippen molar-refractivity contribution in [2.45, 2.75) is 13.8 Å². The predicted octanol–water partition coefficient (Wildman–Crippen LogP) is 5.22. The standard InChI is InChI=1S/C15H12Br2N2O/c1-7-3-4-9(5-8(7)2)15-19-14-11(20-15)6-10(16)13(18)12(14)17/h3-6H,18H2,1-2H3. The van der Waals surface area contributed by atoms with Crippen LogP contribution < -0.4 is 5.73 Å². The van der Waals surface area contributed by atoms with Crippen molar-refractivity contribution in [2.75, 3.05) is 5.73 Å². The van der Waals surface area contributed by atoms with Crippen LogP contribution in [0.15, 0.2) is 37.6 Å². The third kappa shape index (κ3) is 2.15. The summed E-state index contributed by atoms with van der Waals surface area (Å²) in [6, 6.07) is 8.00. The molecule has 1 aromatic heterocycles. The average molecular weight is 396 g/mol. The topological polar surface area (TPSA) is 52.0 Å². The van der Waals surface area contributed by atoms with Gasteiger partial charge in [-0.25, -0.2) is 4.98 Å². The van der Waals surface area contributed by atoms with Gasteiger partial charge in [-0.2, -0.15) is 0 Å². The average Bonchev–Trinajstić information content (AvgIpc) is 2.83. The fourth-order valence-corrected chi connectivity index (χ4v) is 3.18. The Labute approximate surface area is 133 Å². The summed E-state index contributed by atoms with van der Waals surface area (Å²) in [5, 5.41) is 0. The summed E-state index contributed by atoms with van der Waals surface area (Å²) in [5.74, 6) is 0.598. The minimum atomic E-state index is 0.598. The number of oxazole rings is 1. The lowest BCUT2D eigenvalue weighted by Gasteiger charge is -2.01. The van der Waals surface area contributed by atoms with E-state index in [-0.39, 0.29) is 0 Å². The molecule has 0 saturated carbocycles. The number of anilines is 1. The van der Waals surface area contributed by atoms with Crippen LogP contribution in [0.25, 0.3) is 22.6 Å². The fourth-order valence-electron chi connectivity index (χ4n) is 2.01. The van der Waals surface area contributed by atoms with Crippen LogP contribution in [-0.4, -0.2) is 4.98 Å². The molecule has 0 bridgehead atoms. The van der Waals surface area contributed by atoms with Crippen LogP contribution in [0.5, 0.6) is 0 Å². The Balaban J connectivity index is 2.23. The Kier molecular flexibility index (Phi) is 3.34. The number of hydrogen-bond acceptors (Lipinski definition) is 3. The van der Waals surface area contributed by atoms with Gasteiger partial charge < -0.3 is 10.2 Å². The highest BCUT2D eigenvalue weighted by atomic mass is 79.9. The zero-order valence-corrected chi connectivity index (χ0v) is 14.2. The molecule has 0 unspecified atom stereocenters. The van der Waals surface area contributed by atoms with Crippen LogP contribution in [0, 0.1) is 13.8 Å². The van der Waals surface area contributed by atoms with Crippen molar-refractivity contribution in [1.29, 1.82) is 0 Å². The van der Waals surface area contributed by atoms with Crippen molar-refractivity contribution in [1.82, 2.24) is 4.98 Å². The van der Waals surface area contributed by atoms with Gasteiger partial charge in [-0.15, -0.1) is 0 Å². The van der Waals surface area contributed by atoms with E-state index < -0.39 is 0 Å². The van der Waals surface area contributed by atoms with Gasteiger partial charge in [-0.1, -0.05) is 6.07 Å². The van der Waals surface area contributed by atoms with Crippen LogP contribution in [-0.2, 0) is 0 Å². The zero-order chi connectivity index (χ0) is 14.4.